The van der Waals surface area contributed by atoms with E-state index in [1.807, 2.05) is 0 Å². The van der Waals surface area contributed by atoms with Crippen molar-refractivity contribution < 1.29 is 4.74 Å². The first-order valence-electron chi connectivity index (χ1n) is 3.76. The molecule has 0 unspecified atom stereocenters. The van der Waals surface area contributed by atoms with Crippen molar-refractivity contribution >= 4 is 12.4 Å². The van der Waals surface area contributed by atoms with E-state index in [0.29, 0.717) is 6.10 Å². The summed E-state index contributed by atoms with van der Waals surface area (Å²) in [6, 6.07) is 0. The van der Waals surface area contributed by atoms with E-state index in [4.69, 9.17) is 4.74 Å². The summed E-state index contributed by atoms with van der Waals surface area (Å²) in [5, 5.41) is 3.16. The molecule has 0 atom stereocenters. The van der Waals surface area contributed by atoms with Crippen LogP contribution < -0.4 is 5.32 Å². The fourth-order valence-electron chi connectivity index (χ4n) is 0.774. The van der Waals surface area contributed by atoms with Crippen LogP contribution in [0.3, 0.4) is 0 Å². The van der Waals surface area contributed by atoms with Crippen LogP contribution in [0.4, 0.5) is 0 Å². The molecule has 0 aromatic heterocycles. The Hall–Kier alpha value is 0.210. The topological polar surface area (TPSA) is 21.3 Å². The minimum Gasteiger partial charge on any atom is -0.376 e. The number of hydrogen-bond acceptors (Lipinski definition) is 2. The Morgan fingerprint density at radius 2 is 2.20 bits per heavy atom. The number of hydrogen-bond donors (Lipinski definition) is 1. The Bertz CT molecular complexity index is 76.0. The van der Waals surface area contributed by atoms with Gasteiger partial charge in [0.05, 0.1) is 6.10 Å². The standard InChI is InChI=1S/C7H15NO.ClH/c1-2-3-4-9-7-5-8-6-7;/h7-8H,2-6H2,1H3;1H. The van der Waals surface area contributed by atoms with Crippen LogP contribution in [0.1, 0.15) is 19.8 Å². The van der Waals surface area contributed by atoms with Crippen LogP contribution in [-0.4, -0.2) is 25.8 Å². The molecule has 0 aromatic carbocycles. The zero-order chi connectivity index (χ0) is 6.53. The normalized spacial score (nSPS) is 17.7. The van der Waals surface area contributed by atoms with E-state index in [1.165, 1.54) is 12.8 Å². The monoisotopic (exact) mass is 165 g/mol. The number of unbranched alkanes of at least 4 members (excludes halogenated alkanes) is 1. The third-order valence-electron chi connectivity index (χ3n) is 1.60. The zero-order valence-electron chi connectivity index (χ0n) is 6.43. The minimum atomic E-state index is 0. The van der Waals surface area contributed by atoms with Crippen LogP contribution in [0.5, 0.6) is 0 Å². The van der Waals surface area contributed by atoms with E-state index in [9.17, 15) is 0 Å². The predicted molar refractivity (Wildman–Crippen MR) is 44.8 cm³/mol. The van der Waals surface area contributed by atoms with E-state index >= 15 is 0 Å². The Labute approximate surface area is 68.7 Å². The van der Waals surface area contributed by atoms with Crippen molar-refractivity contribution in [1.29, 1.82) is 0 Å². The largest absolute Gasteiger partial charge is 0.376 e. The predicted octanol–water partition coefficient (Wildman–Crippen LogP) is 1.20. The zero-order valence-corrected chi connectivity index (χ0v) is 7.25. The Morgan fingerprint density at radius 3 is 2.60 bits per heavy atom. The van der Waals surface area contributed by atoms with Gasteiger partial charge in [0.15, 0.2) is 0 Å². The van der Waals surface area contributed by atoms with E-state index in [0.717, 1.165) is 19.7 Å². The number of nitrogens with one attached hydrogen (secondary N) is 1. The van der Waals surface area contributed by atoms with Gasteiger partial charge in [-0.1, -0.05) is 13.3 Å². The van der Waals surface area contributed by atoms with Gasteiger partial charge in [0.1, 0.15) is 0 Å². The molecular formula is C7H16ClNO. The smallest absolute Gasteiger partial charge is 0.0823 e. The average molecular weight is 166 g/mol. The summed E-state index contributed by atoms with van der Waals surface area (Å²) < 4.78 is 5.46. The molecule has 0 spiro atoms. The first-order valence-corrected chi connectivity index (χ1v) is 3.76. The molecule has 1 rings (SSSR count). The van der Waals surface area contributed by atoms with Gasteiger partial charge >= 0.3 is 0 Å². The van der Waals surface area contributed by atoms with Gasteiger partial charge in [0.25, 0.3) is 0 Å². The third kappa shape index (κ3) is 3.40. The highest BCUT2D eigenvalue weighted by atomic mass is 35.5. The first-order chi connectivity index (χ1) is 4.43. The Balaban J connectivity index is 0.000000810. The number of ether oxygens (including phenoxy) is 1. The Morgan fingerprint density at radius 1 is 1.50 bits per heavy atom. The molecule has 3 heteroatoms. The van der Waals surface area contributed by atoms with Gasteiger partial charge < -0.3 is 10.1 Å². The highest BCUT2D eigenvalue weighted by Crippen LogP contribution is 1.99. The molecule has 1 aliphatic rings. The molecule has 0 amide bonds. The minimum absolute atomic E-state index is 0. The summed E-state index contributed by atoms with van der Waals surface area (Å²) in [7, 11) is 0. The maximum absolute atomic E-state index is 5.46. The highest BCUT2D eigenvalue weighted by Gasteiger charge is 2.15. The van der Waals surface area contributed by atoms with Crippen LogP contribution >= 0.6 is 12.4 Å². The molecule has 0 saturated carbocycles. The van der Waals surface area contributed by atoms with Crippen LogP contribution in [0.25, 0.3) is 0 Å². The summed E-state index contributed by atoms with van der Waals surface area (Å²) >= 11 is 0. The van der Waals surface area contributed by atoms with Crippen molar-refractivity contribution in [2.45, 2.75) is 25.9 Å². The van der Waals surface area contributed by atoms with Gasteiger partial charge in [0, 0.05) is 19.7 Å². The number of halogens is 1. The molecule has 10 heavy (non-hydrogen) atoms. The van der Waals surface area contributed by atoms with Gasteiger partial charge in [-0.2, -0.15) is 0 Å². The quantitative estimate of drug-likeness (QED) is 0.633. The van der Waals surface area contributed by atoms with Crippen LogP contribution in [0.2, 0.25) is 0 Å². The lowest BCUT2D eigenvalue weighted by Gasteiger charge is -2.26. The van der Waals surface area contributed by atoms with Gasteiger partial charge in [-0.05, 0) is 6.42 Å². The van der Waals surface area contributed by atoms with Gasteiger partial charge in [-0.3, -0.25) is 0 Å². The average Bonchev–Trinajstić information content (AvgIpc) is 1.76. The van der Waals surface area contributed by atoms with Crippen molar-refractivity contribution in [3.05, 3.63) is 0 Å². The SMILES string of the molecule is CCCCOC1CNC1.Cl. The van der Waals surface area contributed by atoms with Crippen molar-refractivity contribution in [2.24, 2.45) is 0 Å². The Kier molecular flexibility index (Phi) is 6.08. The highest BCUT2D eigenvalue weighted by molar-refractivity contribution is 5.85. The molecule has 1 heterocycles. The van der Waals surface area contributed by atoms with Gasteiger partial charge in [-0.25, -0.2) is 0 Å². The van der Waals surface area contributed by atoms with Crippen LogP contribution in [0.15, 0.2) is 0 Å². The molecule has 1 fully saturated rings. The van der Waals surface area contributed by atoms with Crippen LogP contribution in [0, 0.1) is 0 Å². The maximum Gasteiger partial charge on any atom is 0.0823 e. The van der Waals surface area contributed by atoms with Crippen molar-refractivity contribution in [1.82, 2.24) is 5.32 Å². The second-order valence-corrected chi connectivity index (χ2v) is 2.50. The molecule has 0 aliphatic carbocycles. The van der Waals surface area contributed by atoms with Gasteiger partial charge in [-0.15, -0.1) is 12.4 Å². The van der Waals surface area contributed by atoms with Crippen molar-refractivity contribution in [2.75, 3.05) is 19.7 Å². The molecule has 0 aromatic rings. The molecule has 1 aliphatic heterocycles. The van der Waals surface area contributed by atoms with E-state index in [1.54, 1.807) is 0 Å². The molecule has 0 bridgehead atoms. The lowest BCUT2D eigenvalue weighted by atomic mass is 10.2. The fourth-order valence-corrected chi connectivity index (χ4v) is 0.774. The molecule has 1 saturated heterocycles. The summed E-state index contributed by atoms with van der Waals surface area (Å²) in [5.74, 6) is 0. The summed E-state index contributed by atoms with van der Waals surface area (Å²) in [5.41, 5.74) is 0. The summed E-state index contributed by atoms with van der Waals surface area (Å²) in [6.07, 6.45) is 2.97. The lowest BCUT2D eigenvalue weighted by molar-refractivity contribution is 0.0176. The van der Waals surface area contributed by atoms with Crippen molar-refractivity contribution in [3.63, 3.8) is 0 Å². The van der Waals surface area contributed by atoms with E-state index in [2.05, 4.69) is 12.2 Å². The molecule has 0 radical (unpaired) electrons. The first kappa shape index (κ1) is 10.2. The maximum atomic E-state index is 5.46. The molecular weight excluding hydrogens is 150 g/mol. The number of rotatable bonds is 4. The summed E-state index contributed by atoms with van der Waals surface area (Å²) in [4.78, 5) is 0. The van der Waals surface area contributed by atoms with Gasteiger partial charge in [0.2, 0.25) is 0 Å². The fraction of sp³-hybridized carbons (Fsp3) is 1.00. The van der Waals surface area contributed by atoms with Crippen LogP contribution in [-0.2, 0) is 4.74 Å². The van der Waals surface area contributed by atoms with Crippen molar-refractivity contribution in [3.8, 4) is 0 Å². The lowest BCUT2D eigenvalue weighted by Crippen LogP contribution is -2.48. The molecule has 62 valence electrons. The third-order valence-corrected chi connectivity index (χ3v) is 1.60. The van der Waals surface area contributed by atoms with E-state index < -0.39 is 0 Å². The molecule has 2 nitrogen and oxygen atoms in total. The molecule has 1 N–H and O–H groups in total. The summed E-state index contributed by atoms with van der Waals surface area (Å²) in [6.45, 7) is 5.25. The second kappa shape index (κ2) is 5.96. The van der Waals surface area contributed by atoms with E-state index in [-0.39, 0.29) is 12.4 Å². The second-order valence-electron chi connectivity index (χ2n) is 2.50.